The molecule has 10 aromatic rings. The molecule has 0 atom stereocenters. The molecule has 0 saturated carbocycles. The molecule has 0 aliphatic rings. The van der Waals surface area contributed by atoms with Crippen molar-refractivity contribution in [1.82, 2.24) is 0 Å². The molecular formula is C46H29NOS. The van der Waals surface area contributed by atoms with E-state index in [1.807, 2.05) is 23.5 Å². The summed E-state index contributed by atoms with van der Waals surface area (Å²) >= 11 is 1.85. The van der Waals surface area contributed by atoms with E-state index in [1.165, 1.54) is 53.2 Å². The number of fused-ring (bicyclic) bond motifs is 7. The van der Waals surface area contributed by atoms with Crippen molar-refractivity contribution in [3.8, 4) is 22.3 Å². The number of hydrogen-bond acceptors (Lipinski definition) is 3. The van der Waals surface area contributed by atoms with E-state index in [-0.39, 0.29) is 0 Å². The second-order valence-corrected chi connectivity index (χ2v) is 13.6. The fourth-order valence-corrected chi connectivity index (χ4v) is 8.39. The van der Waals surface area contributed by atoms with E-state index in [0.717, 1.165) is 39.0 Å². The van der Waals surface area contributed by atoms with Crippen LogP contribution >= 0.6 is 11.3 Å². The molecule has 0 aliphatic carbocycles. The number of thiophene rings is 1. The van der Waals surface area contributed by atoms with E-state index >= 15 is 0 Å². The lowest BCUT2D eigenvalue weighted by atomic mass is 9.95. The van der Waals surface area contributed by atoms with Gasteiger partial charge in [-0.1, -0.05) is 109 Å². The maximum atomic E-state index is 6.21. The highest BCUT2D eigenvalue weighted by Crippen LogP contribution is 2.43. The number of anilines is 3. The summed E-state index contributed by atoms with van der Waals surface area (Å²) in [7, 11) is 0. The highest BCUT2D eigenvalue weighted by Gasteiger charge is 2.17. The largest absolute Gasteiger partial charge is 0.456 e. The molecule has 0 N–H and O–H groups in total. The first kappa shape index (κ1) is 27.9. The Hall–Kier alpha value is -6.16. The van der Waals surface area contributed by atoms with Crippen LogP contribution in [-0.2, 0) is 0 Å². The minimum absolute atomic E-state index is 0.894. The second-order valence-electron chi connectivity index (χ2n) is 12.5. The second kappa shape index (κ2) is 11.2. The summed E-state index contributed by atoms with van der Waals surface area (Å²) in [4.78, 5) is 2.36. The van der Waals surface area contributed by atoms with Crippen LogP contribution in [0.5, 0.6) is 0 Å². The van der Waals surface area contributed by atoms with Gasteiger partial charge < -0.3 is 9.32 Å². The standard InChI is InChI=1S/C46H29NOS/c1-2-13-37-31(9-1)10-8-16-38(37)33-12-7-11-32(27-33)30-19-21-34(22-20-30)47(35-23-25-44-41(28-35)39-14-3-5-17-43(39)48-44)36-24-26-46-42(29-36)40-15-4-6-18-45(40)49-46/h1-29H. The van der Waals surface area contributed by atoms with E-state index in [4.69, 9.17) is 4.42 Å². The minimum Gasteiger partial charge on any atom is -0.456 e. The minimum atomic E-state index is 0.894. The highest BCUT2D eigenvalue weighted by atomic mass is 32.1. The maximum absolute atomic E-state index is 6.21. The quantitative estimate of drug-likeness (QED) is 0.186. The van der Waals surface area contributed by atoms with Crippen LogP contribution in [0, 0.1) is 0 Å². The summed E-state index contributed by atoms with van der Waals surface area (Å²) < 4.78 is 8.81. The first-order valence-corrected chi connectivity index (χ1v) is 17.4. The molecule has 10 rings (SSSR count). The molecule has 8 aromatic carbocycles. The van der Waals surface area contributed by atoms with Crippen molar-refractivity contribution in [1.29, 1.82) is 0 Å². The van der Waals surface area contributed by atoms with Crippen molar-refractivity contribution in [3.63, 3.8) is 0 Å². The van der Waals surface area contributed by atoms with Crippen molar-refractivity contribution in [2.24, 2.45) is 0 Å². The van der Waals surface area contributed by atoms with E-state index in [9.17, 15) is 0 Å². The summed E-state index contributed by atoms with van der Waals surface area (Å²) in [5.74, 6) is 0. The molecular weight excluding hydrogens is 615 g/mol. The Kier molecular flexibility index (Phi) is 6.39. The predicted octanol–water partition coefficient (Wildman–Crippen LogP) is 13.9. The van der Waals surface area contributed by atoms with Crippen LogP contribution in [0.2, 0.25) is 0 Å². The maximum Gasteiger partial charge on any atom is 0.135 e. The van der Waals surface area contributed by atoms with Gasteiger partial charge in [0, 0.05) is 48.0 Å². The number of furan rings is 1. The van der Waals surface area contributed by atoms with Crippen molar-refractivity contribution in [3.05, 3.63) is 176 Å². The molecule has 0 saturated heterocycles. The van der Waals surface area contributed by atoms with Gasteiger partial charge in [0.2, 0.25) is 0 Å². The molecule has 0 aliphatic heterocycles. The van der Waals surface area contributed by atoms with Crippen molar-refractivity contribution < 1.29 is 4.42 Å². The Morgan fingerprint density at radius 3 is 1.90 bits per heavy atom. The van der Waals surface area contributed by atoms with Gasteiger partial charge in [-0.25, -0.2) is 0 Å². The van der Waals surface area contributed by atoms with Gasteiger partial charge in [-0.2, -0.15) is 0 Å². The Labute approximate surface area is 287 Å². The Morgan fingerprint density at radius 1 is 0.367 bits per heavy atom. The lowest BCUT2D eigenvalue weighted by Crippen LogP contribution is -2.09. The third kappa shape index (κ3) is 4.70. The lowest BCUT2D eigenvalue weighted by Gasteiger charge is -2.26. The fraction of sp³-hybridized carbons (Fsp3) is 0. The first-order valence-electron chi connectivity index (χ1n) is 16.6. The van der Waals surface area contributed by atoms with Crippen LogP contribution in [0.4, 0.5) is 17.1 Å². The molecule has 230 valence electrons. The molecule has 49 heavy (non-hydrogen) atoms. The van der Waals surface area contributed by atoms with Gasteiger partial charge in [-0.15, -0.1) is 11.3 Å². The lowest BCUT2D eigenvalue weighted by molar-refractivity contribution is 0.669. The Balaban J connectivity index is 1.10. The summed E-state index contributed by atoms with van der Waals surface area (Å²) in [6.45, 7) is 0. The van der Waals surface area contributed by atoms with Gasteiger partial charge in [-0.05, 0) is 99.8 Å². The molecule has 3 heteroatoms. The highest BCUT2D eigenvalue weighted by molar-refractivity contribution is 7.25. The van der Waals surface area contributed by atoms with Gasteiger partial charge in [0.25, 0.3) is 0 Å². The van der Waals surface area contributed by atoms with Gasteiger partial charge >= 0.3 is 0 Å². The smallest absolute Gasteiger partial charge is 0.135 e. The van der Waals surface area contributed by atoms with Gasteiger partial charge in [-0.3, -0.25) is 0 Å². The van der Waals surface area contributed by atoms with Gasteiger partial charge in [0.05, 0.1) is 0 Å². The normalized spacial score (nSPS) is 11.7. The topological polar surface area (TPSA) is 16.4 Å². The van der Waals surface area contributed by atoms with Crippen LogP contribution in [-0.4, -0.2) is 0 Å². The summed E-state index contributed by atoms with van der Waals surface area (Å²) in [6, 6.07) is 63.4. The van der Waals surface area contributed by atoms with Gasteiger partial charge in [0.1, 0.15) is 11.2 Å². The summed E-state index contributed by atoms with van der Waals surface area (Å²) in [6.07, 6.45) is 0. The molecule has 0 bridgehead atoms. The van der Waals surface area contributed by atoms with Crippen LogP contribution in [0.25, 0.3) is 75.1 Å². The van der Waals surface area contributed by atoms with Crippen LogP contribution in [0.3, 0.4) is 0 Å². The Morgan fingerprint density at radius 2 is 1.00 bits per heavy atom. The van der Waals surface area contributed by atoms with Crippen molar-refractivity contribution in [2.45, 2.75) is 0 Å². The molecule has 0 fully saturated rings. The average Bonchev–Trinajstić information content (AvgIpc) is 3.73. The Bertz CT molecular complexity index is 2720. The molecule has 2 heterocycles. The number of para-hydroxylation sites is 1. The predicted molar refractivity (Wildman–Crippen MR) is 210 cm³/mol. The van der Waals surface area contributed by atoms with Crippen molar-refractivity contribution >= 4 is 81.3 Å². The zero-order valence-electron chi connectivity index (χ0n) is 26.5. The number of rotatable bonds is 5. The zero-order valence-corrected chi connectivity index (χ0v) is 27.3. The molecule has 0 unspecified atom stereocenters. The zero-order chi connectivity index (χ0) is 32.3. The monoisotopic (exact) mass is 643 g/mol. The molecule has 2 aromatic heterocycles. The molecule has 2 nitrogen and oxygen atoms in total. The third-order valence-electron chi connectivity index (χ3n) is 9.66. The number of nitrogens with zero attached hydrogens (tertiary/aromatic N) is 1. The van der Waals surface area contributed by atoms with E-state index in [0.29, 0.717) is 0 Å². The van der Waals surface area contributed by atoms with Crippen LogP contribution in [0.1, 0.15) is 0 Å². The van der Waals surface area contributed by atoms with E-state index in [2.05, 4.69) is 169 Å². The van der Waals surface area contributed by atoms with Gasteiger partial charge in [0.15, 0.2) is 0 Å². The summed E-state index contributed by atoms with van der Waals surface area (Å²) in [5, 5.41) is 7.33. The SMILES string of the molecule is c1cc(-c2ccc(N(c3ccc4oc5ccccc5c4c3)c3ccc4sc5ccccc5c4c3)cc2)cc(-c2cccc3ccccc23)c1. The van der Waals surface area contributed by atoms with Crippen LogP contribution < -0.4 is 4.90 Å². The van der Waals surface area contributed by atoms with E-state index in [1.54, 1.807) is 0 Å². The summed E-state index contributed by atoms with van der Waals surface area (Å²) in [5.41, 5.74) is 9.95. The van der Waals surface area contributed by atoms with Crippen molar-refractivity contribution in [2.75, 3.05) is 4.90 Å². The first-order chi connectivity index (χ1) is 24.3. The third-order valence-corrected chi connectivity index (χ3v) is 10.8. The fourth-order valence-electron chi connectivity index (χ4n) is 7.30. The number of hydrogen-bond donors (Lipinski definition) is 0. The average molecular weight is 644 g/mol. The molecule has 0 radical (unpaired) electrons. The van der Waals surface area contributed by atoms with Crippen LogP contribution in [0.15, 0.2) is 180 Å². The molecule has 0 amide bonds. The van der Waals surface area contributed by atoms with E-state index < -0.39 is 0 Å². The molecule has 0 spiro atoms. The number of benzene rings is 8.